The molecule has 0 bridgehead atoms. The maximum absolute atomic E-state index is 6.06. The number of rotatable bonds is 2. The van der Waals surface area contributed by atoms with E-state index in [0.717, 1.165) is 11.6 Å². The van der Waals surface area contributed by atoms with Crippen LogP contribution >= 0.6 is 11.6 Å². The normalized spacial score (nSPS) is 22.2. The minimum absolute atomic E-state index is 0.558. The van der Waals surface area contributed by atoms with E-state index in [1.165, 1.54) is 30.4 Å². The van der Waals surface area contributed by atoms with E-state index in [2.05, 4.69) is 19.1 Å². The third kappa shape index (κ3) is 2.19. The first-order chi connectivity index (χ1) is 7.22. The molecule has 2 heteroatoms. The molecule has 1 aliphatic carbocycles. The monoisotopic (exact) mass is 223 g/mol. The Morgan fingerprint density at radius 1 is 1.53 bits per heavy atom. The third-order valence-electron chi connectivity index (χ3n) is 3.53. The lowest BCUT2D eigenvalue weighted by atomic mass is 9.76. The van der Waals surface area contributed by atoms with E-state index in [-0.39, 0.29) is 0 Å². The van der Waals surface area contributed by atoms with Crippen LogP contribution in [0.2, 0.25) is 5.02 Å². The summed E-state index contributed by atoms with van der Waals surface area (Å²) in [5.74, 6) is 1.17. The second kappa shape index (κ2) is 4.54. The quantitative estimate of drug-likeness (QED) is 0.818. The summed E-state index contributed by atoms with van der Waals surface area (Å²) in [5, 5.41) is 0.852. The van der Waals surface area contributed by atoms with Crippen LogP contribution in [0.3, 0.4) is 0 Å². The Labute approximate surface area is 96.6 Å². The fourth-order valence-corrected chi connectivity index (χ4v) is 2.74. The van der Waals surface area contributed by atoms with E-state index in [4.69, 9.17) is 17.3 Å². The third-order valence-corrected chi connectivity index (χ3v) is 3.76. The van der Waals surface area contributed by atoms with Crippen LogP contribution in [-0.4, -0.2) is 6.54 Å². The zero-order chi connectivity index (χ0) is 10.8. The fraction of sp³-hybridized carbons (Fsp3) is 0.538. The van der Waals surface area contributed by atoms with Crippen LogP contribution in [0.4, 0.5) is 0 Å². The van der Waals surface area contributed by atoms with Crippen molar-refractivity contribution in [3.05, 3.63) is 34.3 Å². The highest BCUT2D eigenvalue weighted by Gasteiger charge is 2.24. The molecule has 0 fully saturated rings. The predicted molar refractivity (Wildman–Crippen MR) is 65.3 cm³/mol. The molecule has 0 amide bonds. The Morgan fingerprint density at radius 2 is 2.33 bits per heavy atom. The van der Waals surface area contributed by atoms with Gasteiger partial charge in [-0.2, -0.15) is 0 Å². The number of hydrogen-bond donors (Lipinski definition) is 1. The van der Waals surface area contributed by atoms with Gasteiger partial charge in [0.1, 0.15) is 0 Å². The molecular weight excluding hydrogens is 206 g/mol. The molecule has 2 rings (SSSR count). The second-order valence-corrected chi connectivity index (χ2v) is 4.99. The SMILES string of the molecule is CC(CN)C1CCCc2ccc(Cl)cc21. The van der Waals surface area contributed by atoms with Gasteiger partial charge in [-0.25, -0.2) is 0 Å². The van der Waals surface area contributed by atoms with Gasteiger partial charge in [-0.15, -0.1) is 0 Å². The first-order valence-electron chi connectivity index (χ1n) is 5.70. The zero-order valence-electron chi connectivity index (χ0n) is 9.17. The van der Waals surface area contributed by atoms with Crippen molar-refractivity contribution in [2.24, 2.45) is 11.7 Å². The van der Waals surface area contributed by atoms with Crippen molar-refractivity contribution in [3.8, 4) is 0 Å². The molecule has 0 saturated heterocycles. The Balaban J connectivity index is 2.36. The van der Waals surface area contributed by atoms with Crippen molar-refractivity contribution in [2.45, 2.75) is 32.1 Å². The molecule has 0 spiro atoms. The van der Waals surface area contributed by atoms with Gasteiger partial charge in [0.05, 0.1) is 0 Å². The molecule has 0 aromatic heterocycles. The van der Waals surface area contributed by atoms with Crippen LogP contribution in [-0.2, 0) is 6.42 Å². The molecule has 0 aliphatic heterocycles. The van der Waals surface area contributed by atoms with E-state index in [1.807, 2.05) is 6.07 Å². The molecule has 1 nitrogen and oxygen atoms in total. The number of fused-ring (bicyclic) bond motifs is 1. The minimum atomic E-state index is 0.558. The zero-order valence-corrected chi connectivity index (χ0v) is 9.93. The second-order valence-electron chi connectivity index (χ2n) is 4.55. The predicted octanol–water partition coefficient (Wildman–Crippen LogP) is 3.35. The molecule has 2 unspecified atom stereocenters. The van der Waals surface area contributed by atoms with Crippen molar-refractivity contribution >= 4 is 11.6 Å². The smallest absolute Gasteiger partial charge is 0.0409 e. The molecular formula is C13H18ClN. The fourth-order valence-electron chi connectivity index (χ4n) is 2.56. The largest absolute Gasteiger partial charge is 0.330 e. The van der Waals surface area contributed by atoms with Crippen LogP contribution < -0.4 is 5.73 Å². The summed E-state index contributed by atoms with van der Waals surface area (Å²) in [6.07, 6.45) is 3.73. The molecule has 0 radical (unpaired) electrons. The maximum atomic E-state index is 6.06. The average Bonchev–Trinajstić information content (AvgIpc) is 2.27. The topological polar surface area (TPSA) is 26.0 Å². The van der Waals surface area contributed by atoms with Crippen molar-refractivity contribution in [2.75, 3.05) is 6.54 Å². The van der Waals surface area contributed by atoms with Crippen LogP contribution in [0, 0.1) is 5.92 Å². The van der Waals surface area contributed by atoms with Gasteiger partial charge in [0.2, 0.25) is 0 Å². The molecule has 1 aromatic rings. The highest BCUT2D eigenvalue weighted by atomic mass is 35.5. The Kier molecular flexibility index (Phi) is 3.32. The van der Waals surface area contributed by atoms with E-state index in [0.29, 0.717) is 11.8 Å². The number of nitrogens with two attached hydrogens (primary N) is 1. The average molecular weight is 224 g/mol. The van der Waals surface area contributed by atoms with Crippen molar-refractivity contribution in [1.82, 2.24) is 0 Å². The van der Waals surface area contributed by atoms with Crippen LogP contribution in [0.25, 0.3) is 0 Å². The van der Waals surface area contributed by atoms with Gasteiger partial charge in [0.25, 0.3) is 0 Å². The first kappa shape index (κ1) is 11.0. The molecule has 2 atom stereocenters. The van der Waals surface area contributed by atoms with Crippen molar-refractivity contribution < 1.29 is 0 Å². The van der Waals surface area contributed by atoms with Gasteiger partial charge in [0.15, 0.2) is 0 Å². The van der Waals surface area contributed by atoms with Crippen LogP contribution in [0.15, 0.2) is 18.2 Å². The number of benzene rings is 1. The Morgan fingerprint density at radius 3 is 3.07 bits per heavy atom. The van der Waals surface area contributed by atoms with E-state index >= 15 is 0 Å². The van der Waals surface area contributed by atoms with E-state index in [9.17, 15) is 0 Å². The summed E-state index contributed by atoms with van der Waals surface area (Å²) in [5.41, 5.74) is 8.67. The summed E-state index contributed by atoms with van der Waals surface area (Å²) in [6, 6.07) is 6.30. The van der Waals surface area contributed by atoms with E-state index in [1.54, 1.807) is 0 Å². The molecule has 1 aromatic carbocycles. The lowest BCUT2D eigenvalue weighted by molar-refractivity contribution is 0.413. The maximum Gasteiger partial charge on any atom is 0.0409 e. The van der Waals surface area contributed by atoms with Crippen molar-refractivity contribution in [3.63, 3.8) is 0 Å². The van der Waals surface area contributed by atoms with Crippen LogP contribution in [0.5, 0.6) is 0 Å². The van der Waals surface area contributed by atoms with Crippen molar-refractivity contribution in [1.29, 1.82) is 0 Å². The Hall–Kier alpha value is -0.530. The molecule has 1 aliphatic rings. The summed E-state index contributed by atoms with van der Waals surface area (Å²) in [4.78, 5) is 0. The summed E-state index contributed by atoms with van der Waals surface area (Å²) in [6.45, 7) is 3.00. The van der Waals surface area contributed by atoms with Gasteiger partial charge >= 0.3 is 0 Å². The number of halogens is 1. The summed E-state index contributed by atoms with van der Waals surface area (Å²) >= 11 is 6.06. The highest BCUT2D eigenvalue weighted by Crippen LogP contribution is 2.37. The van der Waals surface area contributed by atoms with E-state index < -0.39 is 0 Å². The lowest BCUT2D eigenvalue weighted by Gasteiger charge is -2.29. The molecule has 15 heavy (non-hydrogen) atoms. The van der Waals surface area contributed by atoms with Gasteiger partial charge in [-0.05, 0) is 60.9 Å². The lowest BCUT2D eigenvalue weighted by Crippen LogP contribution is -2.22. The minimum Gasteiger partial charge on any atom is -0.330 e. The number of hydrogen-bond acceptors (Lipinski definition) is 1. The molecule has 0 heterocycles. The summed E-state index contributed by atoms with van der Waals surface area (Å²) in [7, 11) is 0. The molecule has 0 saturated carbocycles. The molecule has 2 N–H and O–H groups in total. The van der Waals surface area contributed by atoms with Gasteiger partial charge < -0.3 is 5.73 Å². The summed E-state index contributed by atoms with van der Waals surface area (Å²) < 4.78 is 0. The van der Waals surface area contributed by atoms with Gasteiger partial charge in [-0.3, -0.25) is 0 Å². The van der Waals surface area contributed by atoms with Crippen LogP contribution in [0.1, 0.15) is 36.8 Å². The highest BCUT2D eigenvalue weighted by molar-refractivity contribution is 6.30. The standard InChI is InChI=1S/C13H18ClN/c1-9(8-15)12-4-2-3-10-5-6-11(14)7-13(10)12/h5-7,9,12H,2-4,8,15H2,1H3. The number of aryl methyl sites for hydroxylation is 1. The Bertz CT molecular complexity index is 348. The van der Waals surface area contributed by atoms with Gasteiger partial charge in [-0.1, -0.05) is 24.6 Å². The van der Waals surface area contributed by atoms with Gasteiger partial charge in [0, 0.05) is 5.02 Å². The molecule has 82 valence electrons. The first-order valence-corrected chi connectivity index (χ1v) is 6.08.